The van der Waals surface area contributed by atoms with Crippen molar-refractivity contribution in [1.82, 2.24) is 0 Å². The number of anilines is 1. The van der Waals surface area contributed by atoms with Crippen LogP contribution < -0.4 is 5.32 Å². The van der Waals surface area contributed by atoms with Gasteiger partial charge in [-0.2, -0.15) is 0 Å². The number of halogens is 1. The Kier molecular flexibility index (Phi) is 4.28. The quantitative estimate of drug-likeness (QED) is 0.664. The molecule has 0 bridgehead atoms. The second kappa shape index (κ2) is 6.34. The smallest absolute Gasteiger partial charge is 0.265 e. The van der Waals surface area contributed by atoms with Crippen LogP contribution in [0.1, 0.15) is 5.76 Å². The predicted molar refractivity (Wildman–Crippen MR) is 67.3 cm³/mol. The van der Waals surface area contributed by atoms with Gasteiger partial charge in [0.2, 0.25) is 0 Å². The summed E-state index contributed by atoms with van der Waals surface area (Å²) in [6.45, 7) is -0.270. The van der Waals surface area contributed by atoms with E-state index in [0.29, 0.717) is 11.4 Å². The standard InChI is InChI=1S/C13H11FN2O3/c14-10-3-1-4-11(7-10)16-13(17)9-19-15-8-12-5-2-6-18-12/h1-8H,9H2,(H,16,17). The summed E-state index contributed by atoms with van der Waals surface area (Å²) >= 11 is 0. The first kappa shape index (κ1) is 12.8. The fraction of sp³-hybridized carbons (Fsp3) is 0.0769. The molecule has 0 aliphatic rings. The molecule has 19 heavy (non-hydrogen) atoms. The minimum atomic E-state index is -0.429. The Labute approximate surface area is 108 Å². The van der Waals surface area contributed by atoms with E-state index < -0.39 is 11.7 Å². The van der Waals surface area contributed by atoms with Crippen LogP contribution >= 0.6 is 0 Å². The molecule has 5 nitrogen and oxygen atoms in total. The molecule has 1 aromatic carbocycles. The molecule has 0 saturated carbocycles. The molecule has 1 aromatic heterocycles. The SMILES string of the molecule is O=C(CON=Cc1ccco1)Nc1cccc(F)c1. The van der Waals surface area contributed by atoms with Gasteiger partial charge in [-0.1, -0.05) is 11.2 Å². The fourth-order valence-electron chi connectivity index (χ4n) is 1.31. The maximum absolute atomic E-state index is 12.9. The van der Waals surface area contributed by atoms with Crippen molar-refractivity contribution in [3.63, 3.8) is 0 Å². The number of hydrogen-bond acceptors (Lipinski definition) is 4. The lowest BCUT2D eigenvalue weighted by Crippen LogP contribution is -2.17. The second-order valence-electron chi connectivity index (χ2n) is 3.58. The number of hydrogen-bond donors (Lipinski definition) is 1. The zero-order valence-electron chi connectivity index (χ0n) is 9.88. The predicted octanol–water partition coefficient (Wildman–Crippen LogP) is 2.41. The van der Waals surface area contributed by atoms with Crippen LogP contribution in [-0.4, -0.2) is 18.7 Å². The number of oxime groups is 1. The van der Waals surface area contributed by atoms with Gasteiger partial charge in [-0.25, -0.2) is 4.39 Å². The molecule has 0 aliphatic heterocycles. The average Bonchev–Trinajstić information content (AvgIpc) is 2.88. The van der Waals surface area contributed by atoms with Gasteiger partial charge in [-0.3, -0.25) is 4.79 Å². The lowest BCUT2D eigenvalue weighted by molar-refractivity contribution is -0.120. The van der Waals surface area contributed by atoms with E-state index in [-0.39, 0.29) is 6.61 Å². The summed E-state index contributed by atoms with van der Waals surface area (Å²) in [4.78, 5) is 16.2. The average molecular weight is 262 g/mol. The van der Waals surface area contributed by atoms with E-state index in [4.69, 9.17) is 9.25 Å². The summed E-state index contributed by atoms with van der Waals surface area (Å²) in [7, 11) is 0. The van der Waals surface area contributed by atoms with Gasteiger partial charge in [0.1, 0.15) is 17.8 Å². The summed E-state index contributed by atoms with van der Waals surface area (Å²) in [6, 6.07) is 8.98. The van der Waals surface area contributed by atoms with E-state index in [2.05, 4.69) is 10.5 Å². The monoisotopic (exact) mass is 262 g/mol. The summed E-state index contributed by atoms with van der Waals surface area (Å²) in [5.41, 5.74) is 0.364. The van der Waals surface area contributed by atoms with Crippen molar-refractivity contribution in [2.75, 3.05) is 11.9 Å². The summed E-state index contributed by atoms with van der Waals surface area (Å²) < 4.78 is 17.8. The molecule has 0 radical (unpaired) electrons. The molecule has 0 aliphatic carbocycles. The van der Waals surface area contributed by atoms with E-state index >= 15 is 0 Å². The van der Waals surface area contributed by atoms with E-state index in [1.165, 1.54) is 30.7 Å². The molecule has 6 heteroatoms. The molecular weight excluding hydrogens is 251 g/mol. The van der Waals surface area contributed by atoms with E-state index in [1.807, 2.05) is 0 Å². The van der Waals surface area contributed by atoms with E-state index in [0.717, 1.165) is 0 Å². The normalized spacial score (nSPS) is 10.6. The van der Waals surface area contributed by atoms with Gasteiger partial charge < -0.3 is 14.6 Å². The van der Waals surface area contributed by atoms with Gasteiger partial charge in [-0.05, 0) is 30.3 Å². The maximum atomic E-state index is 12.9. The van der Waals surface area contributed by atoms with Crippen LogP contribution in [0.2, 0.25) is 0 Å². The van der Waals surface area contributed by atoms with Crippen molar-refractivity contribution in [3.05, 3.63) is 54.2 Å². The molecular formula is C13H11FN2O3. The first-order chi connectivity index (χ1) is 9.24. The molecule has 0 unspecified atom stereocenters. The van der Waals surface area contributed by atoms with E-state index in [1.54, 1.807) is 18.2 Å². The Hall–Kier alpha value is -2.63. The van der Waals surface area contributed by atoms with Gasteiger partial charge in [0.25, 0.3) is 5.91 Å². The maximum Gasteiger partial charge on any atom is 0.265 e. The van der Waals surface area contributed by atoms with Gasteiger partial charge in [-0.15, -0.1) is 0 Å². The number of nitrogens with zero attached hydrogens (tertiary/aromatic N) is 1. The molecule has 0 spiro atoms. The Balaban J connectivity index is 1.76. The molecule has 1 heterocycles. The fourth-order valence-corrected chi connectivity index (χ4v) is 1.31. The van der Waals surface area contributed by atoms with Crippen molar-refractivity contribution in [2.24, 2.45) is 5.16 Å². The lowest BCUT2D eigenvalue weighted by atomic mass is 10.3. The van der Waals surface area contributed by atoms with Crippen LogP contribution in [0.15, 0.2) is 52.2 Å². The van der Waals surface area contributed by atoms with Crippen LogP contribution in [0.4, 0.5) is 10.1 Å². The Morgan fingerprint density at radius 2 is 2.32 bits per heavy atom. The Morgan fingerprint density at radius 3 is 3.05 bits per heavy atom. The molecule has 98 valence electrons. The third kappa shape index (κ3) is 4.27. The molecule has 1 N–H and O–H groups in total. The summed E-state index contributed by atoms with van der Waals surface area (Å²) in [5.74, 6) is -0.331. The largest absolute Gasteiger partial charge is 0.463 e. The molecule has 2 rings (SSSR count). The number of nitrogens with one attached hydrogen (secondary N) is 1. The van der Waals surface area contributed by atoms with Gasteiger partial charge >= 0.3 is 0 Å². The summed E-state index contributed by atoms with van der Waals surface area (Å²) in [5, 5.41) is 6.03. The molecule has 0 saturated heterocycles. The Bertz CT molecular complexity index is 567. The minimum Gasteiger partial charge on any atom is -0.463 e. The van der Waals surface area contributed by atoms with Crippen molar-refractivity contribution in [3.8, 4) is 0 Å². The Morgan fingerprint density at radius 1 is 1.42 bits per heavy atom. The zero-order valence-corrected chi connectivity index (χ0v) is 9.88. The van der Waals surface area contributed by atoms with Crippen LogP contribution in [0.3, 0.4) is 0 Å². The van der Waals surface area contributed by atoms with Crippen LogP contribution in [-0.2, 0) is 9.63 Å². The molecule has 1 amide bonds. The third-order valence-corrected chi connectivity index (χ3v) is 2.10. The second-order valence-corrected chi connectivity index (χ2v) is 3.58. The van der Waals surface area contributed by atoms with Crippen LogP contribution in [0.25, 0.3) is 0 Å². The van der Waals surface area contributed by atoms with Crippen molar-refractivity contribution in [2.45, 2.75) is 0 Å². The third-order valence-electron chi connectivity index (χ3n) is 2.10. The van der Waals surface area contributed by atoms with Gasteiger partial charge in [0.05, 0.1) is 6.26 Å². The topological polar surface area (TPSA) is 63.8 Å². The van der Waals surface area contributed by atoms with Crippen LogP contribution in [0.5, 0.6) is 0 Å². The number of carbonyl (C=O) groups is 1. The number of furan rings is 1. The minimum absolute atomic E-state index is 0.270. The molecule has 0 atom stereocenters. The highest BCUT2D eigenvalue weighted by atomic mass is 19.1. The van der Waals surface area contributed by atoms with Crippen LogP contribution in [0, 0.1) is 5.82 Å². The van der Waals surface area contributed by atoms with Crippen molar-refractivity contribution < 1.29 is 18.4 Å². The number of benzene rings is 1. The number of rotatable bonds is 5. The van der Waals surface area contributed by atoms with Gasteiger partial charge in [0.15, 0.2) is 6.61 Å². The highest BCUT2D eigenvalue weighted by Crippen LogP contribution is 2.08. The van der Waals surface area contributed by atoms with Crippen molar-refractivity contribution in [1.29, 1.82) is 0 Å². The first-order valence-corrected chi connectivity index (χ1v) is 5.48. The summed E-state index contributed by atoms with van der Waals surface area (Å²) in [6.07, 6.45) is 2.84. The zero-order chi connectivity index (χ0) is 13.5. The number of carbonyl (C=O) groups excluding carboxylic acids is 1. The molecule has 2 aromatic rings. The highest BCUT2D eigenvalue weighted by Gasteiger charge is 2.03. The lowest BCUT2D eigenvalue weighted by Gasteiger charge is -2.03. The molecule has 0 fully saturated rings. The van der Waals surface area contributed by atoms with Gasteiger partial charge in [0, 0.05) is 5.69 Å². The van der Waals surface area contributed by atoms with E-state index in [9.17, 15) is 9.18 Å². The highest BCUT2D eigenvalue weighted by molar-refractivity contribution is 5.91. The number of amides is 1. The van der Waals surface area contributed by atoms with Crippen molar-refractivity contribution >= 4 is 17.8 Å². The first-order valence-electron chi connectivity index (χ1n) is 5.48.